The molecule has 7 nitrogen and oxygen atoms in total. The molecule has 18 heavy (non-hydrogen) atoms. The van der Waals surface area contributed by atoms with Crippen LogP contribution in [0.25, 0.3) is 11.0 Å². The molecular weight excluding hydrogens is 232 g/mol. The second kappa shape index (κ2) is 4.49. The number of rotatable bonds is 2. The third-order valence-corrected chi connectivity index (χ3v) is 3.51. The minimum atomic E-state index is -0.0911. The maximum atomic E-state index is 12.2. The molecule has 1 N–H and O–H groups in total. The van der Waals surface area contributed by atoms with Gasteiger partial charge in [0, 0.05) is 13.6 Å². The number of fused-ring (bicyclic) bond motifs is 1. The summed E-state index contributed by atoms with van der Waals surface area (Å²) < 4.78 is 3.04. The van der Waals surface area contributed by atoms with E-state index in [0.717, 1.165) is 25.9 Å². The lowest BCUT2D eigenvalue weighted by atomic mass is 9.98. The fourth-order valence-electron chi connectivity index (χ4n) is 2.40. The Kier molecular flexibility index (Phi) is 2.83. The lowest BCUT2D eigenvalue weighted by molar-refractivity contribution is 0.311. The fourth-order valence-corrected chi connectivity index (χ4v) is 2.40. The van der Waals surface area contributed by atoms with Crippen molar-refractivity contribution in [3.63, 3.8) is 0 Å². The smallest absolute Gasteiger partial charge is 0.280 e. The van der Waals surface area contributed by atoms with E-state index in [4.69, 9.17) is 0 Å². The standard InChI is InChI=1S/C11H16N6O/c1-16-10-9(6-13-16)11(18)17(15-14-10)7-8-2-4-12-5-3-8/h6,8,12H,2-5,7H2,1H3. The third-order valence-electron chi connectivity index (χ3n) is 3.51. The highest BCUT2D eigenvalue weighted by Gasteiger charge is 2.16. The van der Waals surface area contributed by atoms with Gasteiger partial charge in [-0.05, 0) is 31.8 Å². The summed E-state index contributed by atoms with van der Waals surface area (Å²) in [5, 5.41) is 16.0. The van der Waals surface area contributed by atoms with Gasteiger partial charge in [0.2, 0.25) is 0 Å². The van der Waals surface area contributed by atoms with E-state index in [9.17, 15) is 4.79 Å². The van der Waals surface area contributed by atoms with Crippen LogP contribution in [-0.2, 0) is 13.6 Å². The summed E-state index contributed by atoms with van der Waals surface area (Å²) in [6, 6.07) is 0. The van der Waals surface area contributed by atoms with Gasteiger partial charge in [-0.2, -0.15) is 5.10 Å². The summed E-state index contributed by atoms with van der Waals surface area (Å²) in [7, 11) is 1.76. The van der Waals surface area contributed by atoms with E-state index < -0.39 is 0 Å². The SMILES string of the molecule is Cn1ncc2c(=O)n(CC3CCNCC3)nnc21. The van der Waals surface area contributed by atoms with Crippen molar-refractivity contribution >= 4 is 11.0 Å². The van der Waals surface area contributed by atoms with Crippen molar-refractivity contribution in [3.05, 3.63) is 16.6 Å². The van der Waals surface area contributed by atoms with Gasteiger partial charge in [0.15, 0.2) is 5.65 Å². The number of piperidine rings is 1. The number of nitrogens with zero attached hydrogens (tertiary/aromatic N) is 5. The van der Waals surface area contributed by atoms with Crippen molar-refractivity contribution in [2.24, 2.45) is 13.0 Å². The lowest BCUT2D eigenvalue weighted by Gasteiger charge is -2.22. The average Bonchev–Trinajstić information content (AvgIpc) is 2.77. The number of aromatic nitrogens is 5. The zero-order valence-electron chi connectivity index (χ0n) is 10.3. The van der Waals surface area contributed by atoms with Crippen LogP contribution in [0.1, 0.15) is 12.8 Å². The maximum absolute atomic E-state index is 12.2. The third kappa shape index (κ3) is 1.90. The molecule has 1 saturated heterocycles. The highest BCUT2D eigenvalue weighted by molar-refractivity contribution is 5.72. The number of hydrogen-bond acceptors (Lipinski definition) is 5. The Morgan fingerprint density at radius 1 is 1.44 bits per heavy atom. The summed E-state index contributed by atoms with van der Waals surface area (Å²) in [4.78, 5) is 12.2. The Bertz CT molecular complexity index is 610. The number of nitrogens with one attached hydrogen (secondary N) is 1. The molecule has 0 aromatic carbocycles. The van der Waals surface area contributed by atoms with Gasteiger partial charge in [-0.1, -0.05) is 5.21 Å². The largest absolute Gasteiger partial charge is 0.317 e. The summed E-state index contributed by atoms with van der Waals surface area (Å²) in [5.74, 6) is 0.507. The molecule has 0 saturated carbocycles. The Balaban J connectivity index is 1.92. The monoisotopic (exact) mass is 248 g/mol. The first-order chi connectivity index (χ1) is 8.75. The molecule has 0 unspecified atom stereocenters. The molecular formula is C11H16N6O. The summed E-state index contributed by atoms with van der Waals surface area (Å²) in [6.45, 7) is 2.68. The van der Waals surface area contributed by atoms with Gasteiger partial charge in [0.05, 0.1) is 6.20 Å². The van der Waals surface area contributed by atoms with Gasteiger partial charge >= 0.3 is 0 Å². The second-order valence-electron chi connectivity index (χ2n) is 4.78. The van der Waals surface area contributed by atoms with E-state index in [1.54, 1.807) is 17.9 Å². The van der Waals surface area contributed by atoms with Gasteiger partial charge in [-0.15, -0.1) is 5.10 Å². The van der Waals surface area contributed by atoms with Crippen LogP contribution in [-0.4, -0.2) is 37.9 Å². The molecule has 1 fully saturated rings. The van der Waals surface area contributed by atoms with E-state index in [0.29, 0.717) is 23.5 Å². The highest BCUT2D eigenvalue weighted by Crippen LogP contribution is 2.13. The van der Waals surface area contributed by atoms with E-state index in [2.05, 4.69) is 20.7 Å². The second-order valence-corrected chi connectivity index (χ2v) is 4.78. The molecule has 1 aliphatic heterocycles. The molecule has 1 aliphatic rings. The molecule has 0 aliphatic carbocycles. The zero-order chi connectivity index (χ0) is 12.5. The fraction of sp³-hybridized carbons (Fsp3) is 0.636. The molecule has 0 spiro atoms. The van der Waals surface area contributed by atoms with Crippen LogP contribution in [0.2, 0.25) is 0 Å². The van der Waals surface area contributed by atoms with Crippen molar-refractivity contribution in [2.45, 2.75) is 19.4 Å². The molecule has 0 atom stereocenters. The predicted molar refractivity (Wildman–Crippen MR) is 66.2 cm³/mol. The molecule has 2 aromatic rings. The summed E-state index contributed by atoms with van der Waals surface area (Å²) in [6.07, 6.45) is 3.73. The van der Waals surface area contributed by atoms with E-state index >= 15 is 0 Å². The Morgan fingerprint density at radius 2 is 2.22 bits per heavy atom. The Labute approximate surface area is 104 Å². The van der Waals surface area contributed by atoms with Crippen molar-refractivity contribution in [1.29, 1.82) is 0 Å². The van der Waals surface area contributed by atoms with Crippen molar-refractivity contribution in [1.82, 2.24) is 30.1 Å². The molecule has 2 aromatic heterocycles. The van der Waals surface area contributed by atoms with E-state index in [-0.39, 0.29) is 5.56 Å². The van der Waals surface area contributed by atoms with Crippen molar-refractivity contribution < 1.29 is 0 Å². The zero-order valence-corrected chi connectivity index (χ0v) is 10.3. The van der Waals surface area contributed by atoms with Gasteiger partial charge in [0.1, 0.15) is 5.39 Å². The lowest BCUT2D eigenvalue weighted by Crippen LogP contribution is -2.33. The topological polar surface area (TPSA) is 77.6 Å². The van der Waals surface area contributed by atoms with Crippen LogP contribution in [0, 0.1) is 5.92 Å². The highest BCUT2D eigenvalue weighted by atomic mass is 16.1. The predicted octanol–water partition coefficient (Wildman–Crippen LogP) is -0.475. The van der Waals surface area contributed by atoms with Gasteiger partial charge < -0.3 is 5.32 Å². The van der Waals surface area contributed by atoms with Gasteiger partial charge in [-0.3, -0.25) is 4.79 Å². The molecule has 3 rings (SSSR count). The number of aryl methyl sites for hydroxylation is 1. The average molecular weight is 248 g/mol. The minimum absolute atomic E-state index is 0.0911. The van der Waals surface area contributed by atoms with Crippen LogP contribution in [0.5, 0.6) is 0 Å². The van der Waals surface area contributed by atoms with Crippen LogP contribution in [0.15, 0.2) is 11.0 Å². The minimum Gasteiger partial charge on any atom is -0.317 e. The van der Waals surface area contributed by atoms with E-state index in [1.165, 1.54) is 4.68 Å². The normalized spacial score (nSPS) is 17.4. The molecule has 96 valence electrons. The Morgan fingerprint density at radius 3 is 3.00 bits per heavy atom. The molecule has 0 bridgehead atoms. The molecule has 3 heterocycles. The first-order valence-corrected chi connectivity index (χ1v) is 6.22. The molecule has 0 radical (unpaired) electrons. The van der Waals surface area contributed by atoms with Crippen LogP contribution >= 0.6 is 0 Å². The van der Waals surface area contributed by atoms with Crippen molar-refractivity contribution in [3.8, 4) is 0 Å². The first-order valence-electron chi connectivity index (χ1n) is 6.22. The quantitative estimate of drug-likeness (QED) is 0.777. The van der Waals surface area contributed by atoms with Crippen LogP contribution in [0.4, 0.5) is 0 Å². The van der Waals surface area contributed by atoms with E-state index in [1.807, 2.05) is 0 Å². The summed E-state index contributed by atoms with van der Waals surface area (Å²) in [5.41, 5.74) is 0.452. The van der Waals surface area contributed by atoms with Gasteiger partial charge in [0.25, 0.3) is 5.56 Å². The van der Waals surface area contributed by atoms with Crippen LogP contribution in [0.3, 0.4) is 0 Å². The van der Waals surface area contributed by atoms with Crippen LogP contribution < -0.4 is 10.9 Å². The number of hydrogen-bond donors (Lipinski definition) is 1. The molecule has 0 amide bonds. The van der Waals surface area contributed by atoms with Gasteiger partial charge in [-0.25, -0.2) is 9.36 Å². The van der Waals surface area contributed by atoms with Crippen molar-refractivity contribution in [2.75, 3.05) is 13.1 Å². The molecule has 7 heteroatoms. The first kappa shape index (κ1) is 11.3. The summed E-state index contributed by atoms with van der Waals surface area (Å²) >= 11 is 0. The Hall–Kier alpha value is -1.76. The maximum Gasteiger partial charge on any atom is 0.280 e.